The van der Waals surface area contributed by atoms with Gasteiger partial charge in [-0.05, 0) is 30.7 Å². The quantitative estimate of drug-likeness (QED) is 0.420. The molecule has 1 fully saturated rings. The van der Waals surface area contributed by atoms with Crippen LogP contribution in [0.3, 0.4) is 0 Å². The van der Waals surface area contributed by atoms with Crippen LogP contribution in [0.25, 0.3) is 0 Å². The largest absolute Gasteiger partial charge is 0.382 e. The summed E-state index contributed by atoms with van der Waals surface area (Å²) in [6.07, 6.45) is 0.755. The van der Waals surface area contributed by atoms with E-state index in [1.807, 2.05) is 31.2 Å². The molecule has 2 heterocycles. The summed E-state index contributed by atoms with van der Waals surface area (Å²) < 4.78 is 0.224. The highest BCUT2D eigenvalue weighted by atomic mass is 127. The smallest absolute Gasteiger partial charge is 0.222 e. The summed E-state index contributed by atoms with van der Waals surface area (Å²) in [5.41, 5.74) is 15.5. The molecule has 1 aromatic heterocycles. The number of rotatable bonds is 3. The number of nitriles is 1. The fraction of sp³-hybridized carbons (Fsp3) is 0.353. The van der Waals surface area contributed by atoms with Crippen LogP contribution >= 0.6 is 22.6 Å². The molecule has 4 N–H and O–H groups in total. The van der Waals surface area contributed by atoms with Gasteiger partial charge in [-0.2, -0.15) is 10.2 Å². The summed E-state index contributed by atoms with van der Waals surface area (Å²) in [7, 11) is 0. The zero-order valence-electron chi connectivity index (χ0n) is 14.0. The zero-order chi connectivity index (χ0) is 18.0. The first-order chi connectivity index (χ1) is 12.0. The number of hydrogen-bond acceptors (Lipinski definition) is 7. The number of nitrogens with zero attached hydrogens (tertiary/aromatic N) is 5. The first kappa shape index (κ1) is 17.5. The van der Waals surface area contributed by atoms with Gasteiger partial charge in [0.2, 0.25) is 5.95 Å². The number of hydrogen-bond donors (Lipinski definition) is 2. The van der Waals surface area contributed by atoms with Crippen LogP contribution in [0.1, 0.15) is 18.2 Å². The molecule has 1 aliphatic rings. The minimum atomic E-state index is 0.222. The van der Waals surface area contributed by atoms with Gasteiger partial charge >= 0.3 is 0 Å². The van der Waals surface area contributed by atoms with Crippen molar-refractivity contribution in [3.8, 4) is 6.07 Å². The van der Waals surface area contributed by atoms with E-state index in [1.54, 1.807) is 0 Å². The van der Waals surface area contributed by atoms with Crippen molar-refractivity contribution in [3.63, 3.8) is 0 Å². The standard InChI is InChI=1S/C17H20IN7/c1-2-13-15(16(20)23-17(21)22-13)25-8-7-24(10-14(25)18)12-5-3-11(9-19)4-6-12/h3-6,14H,2,7-8,10H2,1H3,(H4,20,21,22,23). The average Bonchev–Trinajstić information content (AvgIpc) is 2.61. The maximum Gasteiger partial charge on any atom is 0.222 e. The summed E-state index contributed by atoms with van der Waals surface area (Å²) in [6.45, 7) is 4.57. The van der Waals surface area contributed by atoms with Crippen LogP contribution in [0.5, 0.6) is 0 Å². The molecule has 0 spiro atoms. The summed E-state index contributed by atoms with van der Waals surface area (Å²) >= 11 is 2.43. The van der Waals surface area contributed by atoms with Crippen LogP contribution in [0.15, 0.2) is 24.3 Å². The second kappa shape index (κ2) is 7.31. The third-order valence-corrected chi connectivity index (χ3v) is 5.37. The Hall–Kier alpha value is -2.28. The van der Waals surface area contributed by atoms with Gasteiger partial charge in [-0.15, -0.1) is 0 Å². The fourth-order valence-corrected chi connectivity index (χ4v) is 4.11. The second-order valence-corrected chi connectivity index (χ2v) is 7.29. The van der Waals surface area contributed by atoms with Gasteiger partial charge in [0.25, 0.3) is 0 Å². The lowest BCUT2D eigenvalue weighted by Crippen LogP contribution is -2.51. The highest BCUT2D eigenvalue weighted by Crippen LogP contribution is 2.33. The van der Waals surface area contributed by atoms with Gasteiger partial charge in [-0.1, -0.05) is 29.5 Å². The maximum absolute atomic E-state index is 8.93. The third kappa shape index (κ3) is 3.56. The number of nitrogen functional groups attached to an aromatic ring is 2. The Morgan fingerprint density at radius 1 is 1.24 bits per heavy atom. The molecule has 0 radical (unpaired) electrons. The Bertz CT molecular complexity index is 800. The Morgan fingerprint density at radius 3 is 2.56 bits per heavy atom. The number of halogens is 1. The number of nitrogens with two attached hydrogens (primary N) is 2. The number of alkyl halides is 1. The van der Waals surface area contributed by atoms with E-state index in [0.717, 1.165) is 43.1 Å². The van der Waals surface area contributed by atoms with Crippen LogP contribution in [0.2, 0.25) is 0 Å². The van der Waals surface area contributed by atoms with Gasteiger partial charge in [0.15, 0.2) is 5.82 Å². The van der Waals surface area contributed by atoms with Gasteiger partial charge in [-0.25, -0.2) is 4.98 Å². The molecule has 2 aromatic rings. The van der Waals surface area contributed by atoms with Gasteiger partial charge in [0.1, 0.15) is 5.69 Å². The molecular weight excluding hydrogens is 429 g/mol. The molecule has 1 saturated heterocycles. The van der Waals surface area contributed by atoms with Crippen molar-refractivity contribution >= 4 is 45.7 Å². The molecule has 1 aliphatic heterocycles. The second-order valence-electron chi connectivity index (χ2n) is 5.85. The van der Waals surface area contributed by atoms with Crippen molar-refractivity contribution < 1.29 is 0 Å². The molecule has 0 saturated carbocycles. The third-order valence-electron chi connectivity index (χ3n) is 4.30. The molecule has 130 valence electrons. The number of piperazine rings is 1. The zero-order valence-corrected chi connectivity index (χ0v) is 16.1. The van der Waals surface area contributed by atoms with E-state index < -0.39 is 0 Å². The van der Waals surface area contributed by atoms with E-state index in [1.165, 1.54) is 0 Å². The average molecular weight is 449 g/mol. The Kier molecular flexibility index (Phi) is 5.13. The molecule has 1 atom stereocenters. The molecule has 1 unspecified atom stereocenters. The van der Waals surface area contributed by atoms with Gasteiger partial charge < -0.3 is 21.3 Å². The van der Waals surface area contributed by atoms with E-state index in [0.29, 0.717) is 11.4 Å². The number of aryl methyl sites for hydroxylation is 1. The van der Waals surface area contributed by atoms with Crippen molar-refractivity contribution in [1.29, 1.82) is 5.26 Å². The highest BCUT2D eigenvalue weighted by Gasteiger charge is 2.29. The summed E-state index contributed by atoms with van der Waals surface area (Å²) in [5.74, 6) is 0.664. The molecular formula is C17H20IN7. The Morgan fingerprint density at radius 2 is 1.96 bits per heavy atom. The lowest BCUT2D eigenvalue weighted by molar-refractivity contribution is 0.635. The van der Waals surface area contributed by atoms with Crippen molar-refractivity contribution in [3.05, 3.63) is 35.5 Å². The fourth-order valence-electron chi connectivity index (χ4n) is 3.07. The minimum Gasteiger partial charge on any atom is -0.382 e. The van der Waals surface area contributed by atoms with E-state index in [4.69, 9.17) is 16.7 Å². The maximum atomic E-state index is 8.93. The van der Waals surface area contributed by atoms with Crippen LogP contribution in [-0.2, 0) is 6.42 Å². The van der Waals surface area contributed by atoms with Crippen LogP contribution in [-0.4, -0.2) is 33.7 Å². The van der Waals surface area contributed by atoms with E-state index in [9.17, 15) is 0 Å². The van der Waals surface area contributed by atoms with Crippen molar-refractivity contribution in [2.75, 3.05) is 40.9 Å². The van der Waals surface area contributed by atoms with Crippen molar-refractivity contribution in [2.24, 2.45) is 0 Å². The number of benzene rings is 1. The topological polar surface area (TPSA) is 108 Å². The lowest BCUT2D eigenvalue weighted by Gasteiger charge is -2.41. The molecule has 1 aromatic carbocycles. The number of anilines is 4. The van der Waals surface area contributed by atoms with E-state index in [2.05, 4.69) is 48.4 Å². The molecule has 0 amide bonds. The normalized spacial score (nSPS) is 17.4. The summed E-state index contributed by atoms with van der Waals surface area (Å²) in [5, 5.41) is 8.93. The van der Waals surface area contributed by atoms with Crippen molar-refractivity contribution in [2.45, 2.75) is 17.4 Å². The molecule has 25 heavy (non-hydrogen) atoms. The van der Waals surface area contributed by atoms with Crippen LogP contribution < -0.4 is 21.3 Å². The van der Waals surface area contributed by atoms with Gasteiger partial charge in [0, 0.05) is 25.3 Å². The molecule has 7 nitrogen and oxygen atoms in total. The summed E-state index contributed by atoms with van der Waals surface area (Å²) in [6, 6.07) is 9.85. The number of aromatic nitrogens is 2. The van der Waals surface area contributed by atoms with Gasteiger partial charge in [-0.3, -0.25) is 0 Å². The lowest BCUT2D eigenvalue weighted by atomic mass is 10.1. The predicted octanol–water partition coefficient (Wildman–Crippen LogP) is 2.16. The molecule has 8 heteroatoms. The first-order valence-electron chi connectivity index (χ1n) is 8.11. The molecule has 0 aliphatic carbocycles. The monoisotopic (exact) mass is 449 g/mol. The van der Waals surface area contributed by atoms with Crippen LogP contribution in [0.4, 0.5) is 23.1 Å². The molecule has 0 bridgehead atoms. The predicted molar refractivity (Wildman–Crippen MR) is 109 cm³/mol. The summed E-state index contributed by atoms with van der Waals surface area (Å²) in [4.78, 5) is 13.1. The van der Waals surface area contributed by atoms with Gasteiger partial charge in [0.05, 0.1) is 21.4 Å². The Balaban J connectivity index is 1.81. The van der Waals surface area contributed by atoms with Crippen LogP contribution in [0, 0.1) is 11.3 Å². The minimum absolute atomic E-state index is 0.222. The SMILES string of the molecule is CCc1nc(N)nc(N)c1N1CCN(c2ccc(C#N)cc2)CC1I. The molecule has 3 rings (SSSR count). The Labute approximate surface area is 160 Å². The highest BCUT2D eigenvalue weighted by molar-refractivity contribution is 14.1. The van der Waals surface area contributed by atoms with Crippen molar-refractivity contribution in [1.82, 2.24) is 9.97 Å². The van der Waals surface area contributed by atoms with E-state index >= 15 is 0 Å². The first-order valence-corrected chi connectivity index (χ1v) is 9.35. The van der Waals surface area contributed by atoms with E-state index in [-0.39, 0.29) is 10.00 Å².